The topological polar surface area (TPSA) is 124 Å². The van der Waals surface area contributed by atoms with E-state index in [9.17, 15) is 9.18 Å². The zero-order valence-electron chi connectivity index (χ0n) is 16.0. The molecule has 2 heterocycles. The highest BCUT2D eigenvalue weighted by atomic mass is 19.1. The van der Waals surface area contributed by atoms with E-state index in [1.165, 1.54) is 0 Å². The third-order valence-electron chi connectivity index (χ3n) is 4.60. The predicted octanol–water partition coefficient (Wildman–Crippen LogP) is 2.58. The van der Waals surface area contributed by atoms with Crippen molar-refractivity contribution in [2.75, 3.05) is 10.6 Å². The number of pyridine rings is 1. The number of rotatable bonds is 7. The standard InChI is InChI=1S/C19H24FN7O/c1-4-27-16-6-5-13(7-12(16)9-23-27)25-18-14(17(22)28)8-15(20)19(26-18)24-11(3)10(2)21/h5-11H,4,21H2,1-3H3,(H2,22,28)(H2,24,25,26)/t10-,11+/m0/s1. The number of amides is 1. The summed E-state index contributed by atoms with van der Waals surface area (Å²) in [6.07, 6.45) is 1.76. The Morgan fingerprint density at radius 2 is 2.04 bits per heavy atom. The van der Waals surface area contributed by atoms with Gasteiger partial charge in [-0.3, -0.25) is 9.48 Å². The maximum absolute atomic E-state index is 14.4. The zero-order valence-corrected chi connectivity index (χ0v) is 16.0. The summed E-state index contributed by atoms with van der Waals surface area (Å²) < 4.78 is 16.3. The zero-order chi connectivity index (χ0) is 20.4. The maximum Gasteiger partial charge on any atom is 0.252 e. The number of hydrogen-bond donors (Lipinski definition) is 4. The molecule has 3 aromatic rings. The lowest BCUT2D eigenvalue weighted by Gasteiger charge is -2.20. The summed E-state index contributed by atoms with van der Waals surface area (Å²) in [5.74, 6) is -1.29. The van der Waals surface area contributed by atoms with E-state index in [2.05, 4.69) is 20.7 Å². The van der Waals surface area contributed by atoms with E-state index in [4.69, 9.17) is 11.5 Å². The maximum atomic E-state index is 14.4. The molecular weight excluding hydrogens is 361 g/mol. The van der Waals surface area contributed by atoms with Crippen LogP contribution in [0.15, 0.2) is 30.5 Å². The third-order valence-corrected chi connectivity index (χ3v) is 4.60. The predicted molar refractivity (Wildman–Crippen MR) is 108 cm³/mol. The van der Waals surface area contributed by atoms with Crippen molar-refractivity contribution in [1.82, 2.24) is 14.8 Å². The summed E-state index contributed by atoms with van der Waals surface area (Å²) in [5.41, 5.74) is 12.9. The van der Waals surface area contributed by atoms with Gasteiger partial charge in [0, 0.05) is 29.7 Å². The van der Waals surface area contributed by atoms with Gasteiger partial charge in [0.25, 0.3) is 5.91 Å². The second-order valence-electron chi connectivity index (χ2n) is 6.73. The van der Waals surface area contributed by atoms with Crippen LogP contribution in [0, 0.1) is 5.82 Å². The van der Waals surface area contributed by atoms with Gasteiger partial charge in [0.15, 0.2) is 11.6 Å². The van der Waals surface area contributed by atoms with Crippen LogP contribution in [0.25, 0.3) is 10.9 Å². The number of aromatic nitrogens is 3. The molecule has 0 unspecified atom stereocenters. The largest absolute Gasteiger partial charge is 0.365 e. The lowest BCUT2D eigenvalue weighted by atomic mass is 10.1. The number of fused-ring (bicyclic) bond motifs is 1. The number of nitrogens with zero attached hydrogens (tertiary/aromatic N) is 3. The van der Waals surface area contributed by atoms with E-state index in [-0.39, 0.29) is 29.3 Å². The average molecular weight is 385 g/mol. The molecular formula is C19H24FN7O. The first kappa shape index (κ1) is 19.6. The third kappa shape index (κ3) is 3.89. The summed E-state index contributed by atoms with van der Waals surface area (Å²) >= 11 is 0. The molecule has 3 rings (SSSR count). The van der Waals surface area contributed by atoms with Crippen molar-refractivity contribution in [2.45, 2.75) is 39.4 Å². The molecule has 0 aliphatic heterocycles. The number of halogens is 1. The van der Waals surface area contributed by atoms with Gasteiger partial charge >= 0.3 is 0 Å². The Kier molecular flexibility index (Phi) is 5.46. The van der Waals surface area contributed by atoms with Gasteiger partial charge < -0.3 is 22.1 Å². The van der Waals surface area contributed by atoms with Gasteiger partial charge in [-0.05, 0) is 45.0 Å². The number of benzene rings is 1. The van der Waals surface area contributed by atoms with Crippen LogP contribution >= 0.6 is 0 Å². The van der Waals surface area contributed by atoms with Crippen LogP contribution < -0.4 is 22.1 Å². The Labute approximate surface area is 162 Å². The molecule has 0 spiro atoms. The molecule has 9 heteroatoms. The Hall–Kier alpha value is -3.20. The Morgan fingerprint density at radius 3 is 2.68 bits per heavy atom. The molecule has 0 bridgehead atoms. The number of hydrogen-bond acceptors (Lipinski definition) is 6. The second-order valence-corrected chi connectivity index (χ2v) is 6.73. The van der Waals surface area contributed by atoms with Crippen LogP contribution in [0.3, 0.4) is 0 Å². The SMILES string of the molecule is CCn1ncc2cc(Nc3nc(N[C@H](C)[C@H](C)N)c(F)cc3C(N)=O)ccc21. The van der Waals surface area contributed by atoms with Crippen LogP contribution in [-0.2, 0) is 6.54 Å². The number of primary amides is 1. The highest BCUT2D eigenvalue weighted by Gasteiger charge is 2.18. The highest BCUT2D eigenvalue weighted by Crippen LogP contribution is 2.26. The monoisotopic (exact) mass is 385 g/mol. The van der Waals surface area contributed by atoms with Gasteiger partial charge in [0.1, 0.15) is 5.82 Å². The molecule has 0 saturated heterocycles. The summed E-state index contributed by atoms with van der Waals surface area (Å²) in [5, 5.41) is 11.2. The fraction of sp³-hybridized carbons (Fsp3) is 0.316. The Balaban J connectivity index is 1.98. The minimum atomic E-state index is -0.777. The lowest BCUT2D eigenvalue weighted by Crippen LogP contribution is -2.35. The summed E-state index contributed by atoms with van der Waals surface area (Å²) in [7, 11) is 0. The van der Waals surface area contributed by atoms with Crippen molar-refractivity contribution in [2.24, 2.45) is 11.5 Å². The van der Waals surface area contributed by atoms with Gasteiger partial charge in [0.05, 0.1) is 17.3 Å². The minimum Gasteiger partial charge on any atom is -0.365 e. The van der Waals surface area contributed by atoms with Gasteiger partial charge in [-0.25, -0.2) is 9.37 Å². The molecule has 2 aromatic heterocycles. The second kappa shape index (κ2) is 7.81. The first-order valence-corrected chi connectivity index (χ1v) is 9.05. The van der Waals surface area contributed by atoms with Gasteiger partial charge in [-0.15, -0.1) is 0 Å². The Bertz CT molecular complexity index is 1010. The quantitative estimate of drug-likeness (QED) is 0.496. The van der Waals surface area contributed by atoms with Gasteiger partial charge in [0.2, 0.25) is 0 Å². The van der Waals surface area contributed by atoms with Crippen LogP contribution in [0.1, 0.15) is 31.1 Å². The molecule has 0 fully saturated rings. The first-order valence-electron chi connectivity index (χ1n) is 9.05. The molecule has 1 aromatic carbocycles. The van der Waals surface area contributed by atoms with Crippen molar-refractivity contribution in [1.29, 1.82) is 0 Å². The van der Waals surface area contributed by atoms with Crippen LogP contribution in [0.2, 0.25) is 0 Å². The van der Waals surface area contributed by atoms with E-state index in [0.717, 1.165) is 23.5 Å². The average Bonchev–Trinajstić information content (AvgIpc) is 3.06. The van der Waals surface area contributed by atoms with Crippen molar-refractivity contribution in [3.63, 3.8) is 0 Å². The molecule has 28 heavy (non-hydrogen) atoms. The summed E-state index contributed by atoms with van der Waals surface area (Å²) in [4.78, 5) is 16.0. The number of carbonyl (C=O) groups is 1. The number of carbonyl (C=O) groups excluding carboxylic acids is 1. The van der Waals surface area contributed by atoms with Crippen LogP contribution in [0.5, 0.6) is 0 Å². The van der Waals surface area contributed by atoms with E-state index >= 15 is 0 Å². The van der Waals surface area contributed by atoms with E-state index in [1.807, 2.05) is 36.7 Å². The van der Waals surface area contributed by atoms with E-state index in [0.29, 0.717) is 5.69 Å². The summed E-state index contributed by atoms with van der Waals surface area (Å²) in [6.45, 7) is 6.39. The summed E-state index contributed by atoms with van der Waals surface area (Å²) in [6, 6.07) is 6.27. The van der Waals surface area contributed by atoms with Gasteiger partial charge in [-0.1, -0.05) is 0 Å². The molecule has 0 aliphatic rings. The van der Waals surface area contributed by atoms with E-state index < -0.39 is 11.7 Å². The molecule has 1 amide bonds. The first-order chi connectivity index (χ1) is 13.3. The normalized spacial score (nSPS) is 13.3. The molecule has 0 saturated carbocycles. The molecule has 0 aliphatic carbocycles. The molecule has 6 N–H and O–H groups in total. The number of aryl methyl sites for hydroxylation is 1. The number of nitrogens with one attached hydrogen (secondary N) is 2. The molecule has 2 atom stereocenters. The Morgan fingerprint density at radius 1 is 1.29 bits per heavy atom. The van der Waals surface area contributed by atoms with Crippen molar-refractivity contribution >= 4 is 34.1 Å². The van der Waals surface area contributed by atoms with Crippen molar-refractivity contribution in [3.8, 4) is 0 Å². The van der Waals surface area contributed by atoms with Gasteiger partial charge in [-0.2, -0.15) is 5.10 Å². The number of nitrogens with two attached hydrogens (primary N) is 2. The van der Waals surface area contributed by atoms with Crippen LogP contribution in [-0.4, -0.2) is 32.8 Å². The lowest BCUT2D eigenvalue weighted by molar-refractivity contribution is 0.100. The fourth-order valence-electron chi connectivity index (χ4n) is 2.77. The van der Waals surface area contributed by atoms with E-state index in [1.54, 1.807) is 13.1 Å². The molecule has 8 nitrogen and oxygen atoms in total. The number of anilines is 3. The fourth-order valence-corrected chi connectivity index (χ4v) is 2.77. The van der Waals surface area contributed by atoms with Crippen molar-refractivity contribution < 1.29 is 9.18 Å². The molecule has 0 radical (unpaired) electrons. The smallest absolute Gasteiger partial charge is 0.252 e. The van der Waals surface area contributed by atoms with Crippen molar-refractivity contribution in [3.05, 3.63) is 41.8 Å². The molecule has 148 valence electrons. The highest BCUT2D eigenvalue weighted by molar-refractivity contribution is 5.99. The van der Waals surface area contributed by atoms with Crippen LogP contribution in [0.4, 0.5) is 21.7 Å². The minimum absolute atomic E-state index is 0.00261.